The van der Waals surface area contributed by atoms with E-state index in [1.165, 1.54) is 16.4 Å². The molecule has 0 spiro atoms. The molecular formula is C16H21N3O5S. The fourth-order valence-corrected chi connectivity index (χ4v) is 4.88. The molecule has 1 aliphatic carbocycles. The van der Waals surface area contributed by atoms with Gasteiger partial charge in [-0.05, 0) is 44.7 Å². The fourth-order valence-electron chi connectivity index (χ4n) is 3.00. The summed E-state index contributed by atoms with van der Waals surface area (Å²) in [6.07, 6.45) is 2.61. The largest absolute Gasteiger partial charge is 0.478 e. The van der Waals surface area contributed by atoms with Gasteiger partial charge in [0.05, 0.1) is 16.5 Å². The summed E-state index contributed by atoms with van der Waals surface area (Å²) in [6, 6.07) is 2.64. The first-order valence-corrected chi connectivity index (χ1v) is 9.80. The minimum Gasteiger partial charge on any atom is -0.478 e. The average molecular weight is 367 g/mol. The Kier molecular flexibility index (Phi) is 4.79. The van der Waals surface area contributed by atoms with Gasteiger partial charge in [0.2, 0.25) is 10.0 Å². The lowest BCUT2D eigenvalue weighted by molar-refractivity contribution is 0.0694. The Morgan fingerprint density at radius 1 is 1.20 bits per heavy atom. The maximum atomic E-state index is 12.3. The lowest BCUT2D eigenvalue weighted by Crippen LogP contribution is -2.47. The first-order chi connectivity index (χ1) is 11.8. The molecule has 3 rings (SSSR count). The fraction of sp³-hybridized carbons (Fsp3) is 0.562. The summed E-state index contributed by atoms with van der Waals surface area (Å²) in [4.78, 5) is 27.3. The summed E-state index contributed by atoms with van der Waals surface area (Å²) in [5.74, 6) is -1.45. The molecule has 1 amide bonds. The number of aryl methyl sites for hydroxylation is 1. The number of nitrogens with zero attached hydrogens (tertiary/aromatic N) is 2. The number of aromatic carboxylic acids is 1. The molecule has 9 heteroatoms. The molecular weight excluding hydrogens is 346 g/mol. The molecule has 2 fully saturated rings. The Morgan fingerprint density at radius 2 is 1.84 bits per heavy atom. The summed E-state index contributed by atoms with van der Waals surface area (Å²) in [5.41, 5.74) is 0.510. The second-order valence-electron chi connectivity index (χ2n) is 6.53. The molecule has 2 heterocycles. The minimum absolute atomic E-state index is 0.0649. The summed E-state index contributed by atoms with van der Waals surface area (Å²) in [6.45, 7) is 2.36. The summed E-state index contributed by atoms with van der Waals surface area (Å²) in [5, 5.41) is 11.6. The smallest absolute Gasteiger partial charge is 0.337 e. The molecule has 1 aromatic rings. The Bertz CT molecular complexity index is 796. The predicted molar refractivity (Wildman–Crippen MR) is 89.9 cm³/mol. The zero-order chi connectivity index (χ0) is 18.2. The molecule has 0 bridgehead atoms. The van der Waals surface area contributed by atoms with Crippen molar-refractivity contribution in [3.8, 4) is 0 Å². The molecule has 1 saturated carbocycles. The molecule has 1 aromatic heterocycles. The van der Waals surface area contributed by atoms with Crippen LogP contribution in [-0.2, 0) is 10.0 Å². The Morgan fingerprint density at radius 3 is 2.36 bits per heavy atom. The van der Waals surface area contributed by atoms with E-state index in [9.17, 15) is 18.0 Å². The number of carbonyl (C=O) groups is 2. The molecule has 136 valence electrons. The number of sulfonamides is 1. The van der Waals surface area contributed by atoms with E-state index >= 15 is 0 Å². The number of aromatic nitrogens is 1. The molecule has 0 atom stereocenters. The van der Waals surface area contributed by atoms with Crippen molar-refractivity contribution >= 4 is 21.9 Å². The maximum absolute atomic E-state index is 12.3. The Balaban J connectivity index is 1.57. The zero-order valence-electron chi connectivity index (χ0n) is 13.9. The second kappa shape index (κ2) is 6.72. The number of hydrogen-bond donors (Lipinski definition) is 2. The van der Waals surface area contributed by atoms with Gasteiger partial charge in [-0.3, -0.25) is 4.79 Å². The standard InChI is InChI=1S/C16H21N3O5S/c1-10-13(16(21)22)4-5-14(17-10)15(20)18-11-6-8-19(9-7-11)25(23,24)12-2-3-12/h4-5,11-12H,2-3,6-9H2,1H3,(H,18,20)(H,21,22). The first-order valence-electron chi connectivity index (χ1n) is 8.30. The number of piperidine rings is 1. The van der Waals surface area contributed by atoms with Crippen molar-refractivity contribution in [2.24, 2.45) is 0 Å². The van der Waals surface area contributed by atoms with Crippen LogP contribution in [0.3, 0.4) is 0 Å². The van der Waals surface area contributed by atoms with Gasteiger partial charge < -0.3 is 10.4 Å². The normalized spacial score (nSPS) is 19.6. The summed E-state index contributed by atoms with van der Waals surface area (Å²) < 4.78 is 25.9. The monoisotopic (exact) mass is 367 g/mol. The number of carboxylic acids is 1. The lowest BCUT2D eigenvalue weighted by Gasteiger charge is -2.31. The second-order valence-corrected chi connectivity index (χ2v) is 8.74. The van der Waals surface area contributed by atoms with Gasteiger partial charge in [0.25, 0.3) is 5.91 Å². The van der Waals surface area contributed by atoms with Crippen LogP contribution >= 0.6 is 0 Å². The Labute approximate surface area is 146 Å². The van der Waals surface area contributed by atoms with Gasteiger partial charge in [0.15, 0.2) is 0 Å². The van der Waals surface area contributed by atoms with Crippen molar-refractivity contribution in [1.29, 1.82) is 0 Å². The topological polar surface area (TPSA) is 117 Å². The molecule has 1 saturated heterocycles. The first kappa shape index (κ1) is 17.8. The van der Waals surface area contributed by atoms with Crippen LogP contribution in [-0.4, -0.2) is 59.1 Å². The van der Waals surface area contributed by atoms with Crippen LogP contribution in [0, 0.1) is 6.92 Å². The molecule has 1 aliphatic heterocycles. The van der Waals surface area contributed by atoms with Crippen molar-refractivity contribution in [3.63, 3.8) is 0 Å². The van der Waals surface area contributed by atoms with Crippen LogP contribution in [0.4, 0.5) is 0 Å². The predicted octanol–water partition coefficient (Wildman–Crippen LogP) is 0.775. The van der Waals surface area contributed by atoms with Crippen molar-refractivity contribution in [2.45, 2.75) is 43.9 Å². The Hall–Kier alpha value is -2.00. The van der Waals surface area contributed by atoms with Gasteiger partial charge in [-0.1, -0.05) is 0 Å². The van der Waals surface area contributed by atoms with Crippen molar-refractivity contribution < 1.29 is 23.1 Å². The van der Waals surface area contributed by atoms with Crippen LogP contribution in [0.15, 0.2) is 12.1 Å². The molecule has 8 nitrogen and oxygen atoms in total. The molecule has 0 aromatic carbocycles. The van der Waals surface area contributed by atoms with E-state index in [2.05, 4.69) is 10.3 Å². The average Bonchev–Trinajstić information content (AvgIpc) is 3.40. The van der Waals surface area contributed by atoms with Crippen LogP contribution in [0.5, 0.6) is 0 Å². The number of rotatable bonds is 5. The number of pyridine rings is 1. The third-order valence-electron chi connectivity index (χ3n) is 4.64. The van der Waals surface area contributed by atoms with Gasteiger partial charge in [-0.25, -0.2) is 22.5 Å². The third-order valence-corrected chi connectivity index (χ3v) is 7.04. The van der Waals surface area contributed by atoms with Crippen LogP contribution in [0.1, 0.15) is 52.2 Å². The highest BCUT2D eigenvalue weighted by Gasteiger charge is 2.41. The van der Waals surface area contributed by atoms with E-state index < -0.39 is 16.0 Å². The SMILES string of the molecule is Cc1nc(C(=O)NC2CCN(S(=O)(=O)C3CC3)CC2)ccc1C(=O)O. The number of carboxylic acid groups (broad SMARTS) is 1. The quantitative estimate of drug-likeness (QED) is 0.794. The number of hydrogen-bond acceptors (Lipinski definition) is 5. The van der Waals surface area contributed by atoms with Gasteiger partial charge in [0.1, 0.15) is 5.69 Å². The third kappa shape index (κ3) is 3.82. The molecule has 0 unspecified atom stereocenters. The molecule has 25 heavy (non-hydrogen) atoms. The number of carbonyl (C=O) groups excluding carboxylic acids is 1. The number of nitrogens with one attached hydrogen (secondary N) is 1. The van der Waals surface area contributed by atoms with Gasteiger partial charge in [-0.15, -0.1) is 0 Å². The molecule has 2 aliphatic rings. The van der Waals surface area contributed by atoms with Crippen molar-refractivity contribution in [1.82, 2.24) is 14.6 Å². The van der Waals surface area contributed by atoms with E-state index in [1.54, 1.807) is 6.92 Å². The molecule has 0 radical (unpaired) electrons. The summed E-state index contributed by atoms with van der Waals surface area (Å²) in [7, 11) is -3.16. The van der Waals surface area contributed by atoms with E-state index in [-0.39, 0.29) is 34.2 Å². The maximum Gasteiger partial charge on any atom is 0.337 e. The van der Waals surface area contributed by atoms with Gasteiger partial charge >= 0.3 is 5.97 Å². The van der Waals surface area contributed by atoms with E-state index in [1.807, 2.05) is 0 Å². The van der Waals surface area contributed by atoms with Crippen LogP contribution in [0.25, 0.3) is 0 Å². The van der Waals surface area contributed by atoms with E-state index in [0.717, 1.165) is 12.8 Å². The number of amides is 1. The van der Waals surface area contributed by atoms with Crippen molar-refractivity contribution in [3.05, 3.63) is 29.1 Å². The zero-order valence-corrected chi connectivity index (χ0v) is 14.8. The van der Waals surface area contributed by atoms with Crippen LogP contribution in [0.2, 0.25) is 0 Å². The minimum atomic E-state index is -3.16. The van der Waals surface area contributed by atoms with Crippen molar-refractivity contribution in [2.75, 3.05) is 13.1 Å². The van der Waals surface area contributed by atoms with Gasteiger partial charge in [-0.2, -0.15) is 0 Å². The van der Waals surface area contributed by atoms with Gasteiger partial charge in [0, 0.05) is 19.1 Å². The van der Waals surface area contributed by atoms with E-state index in [4.69, 9.17) is 5.11 Å². The highest BCUT2D eigenvalue weighted by molar-refractivity contribution is 7.90. The molecule has 2 N–H and O–H groups in total. The van der Waals surface area contributed by atoms with E-state index in [0.29, 0.717) is 25.9 Å². The van der Waals surface area contributed by atoms with Crippen LogP contribution < -0.4 is 5.32 Å². The lowest BCUT2D eigenvalue weighted by atomic mass is 10.1. The summed E-state index contributed by atoms with van der Waals surface area (Å²) >= 11 is 0. The highest BCUT2D eigenvalue weighted by Crippen LogP contribution is 2.32. The highest BCUT2D eigenvalue weighted by atomic mass is 32.2.